The molecule has 1 aliphatic rings. The summed E-state index contributed by atoms with van der Waals surface area (Å²) in [6, 6.07) is 10.9. The van der Waals surface area contributed by atoms with Gasteiger partial charge in [-0.25, -0.2) is 0 Å². The molecule has 1 saturated heterocycles. The molecule has 1 fully saturated rings. The normalized spacial score (nSPS) is 13.5. The van der Waals surface area contributed by atoms with Crippen molar-refractivity contribution in [3.63, 3.8) is 0 Å². The van der Waals surface area contributed by atoms with Gasteiger partial charge < -0.3 is 9.80 Å². The number of carbonyl (C=O) groups excluding carboxylic acids is 2. The minimum absolute atomic E-state index is 0.105. The van der Waals surface area contributed by atoms with Gasteiger partial charge in [-0.15, -0.1) is 0 Å². The van der Waals surface area contributed by atoms with Gasteiger partial charge in [0.05, 0.1) is 25.0 Å². The number of carbonyl (C=O) groups is 2. The minimum Gasteiger partial charge on any atom is -0.337 e. The number of rotatable bonds is 6. The molecule has 0 unspecified atom stereocenters. The molecule has 2 amide bonds. The Kier molecular flexibility index (Phi) is 5.71. The molecular formula is C17H18N4O2. The fourth-order valence-corrected chi connectivity index (χ4v) is 2.57. The summed E-state index contributed by atoms with van der Waals surface area (Å²) < 4.78 is 0. The van der Waals surface area contributed by atoms with Crippen LogP contribution in [0.1, 0.15) is 36.0 Å². The zero-order chi connectivity index (χ0) is 16.7. The van der Waals surface area contributed by atoms with Gasteiger partial charge in [-0.1, -0.05) is 0 Å². The SMILES string of the molecule is N#CCCN(CCC#N)C(=O)c1ccc(N2CCCC2=O)cc1. The number of amides is 2. The summed E-state index contributed by atoms with van der Waals surface area (Å²) in [6.07, 6.45) is 1.89. The number of anilines is 1. The molecule has 1 aromatic carbocycles. The maximum absolute atomic E-state index is 12.5. The smallest absolute Gasteiger partial charge is 0.253 e. The van der Waals surface area contributed by atoms with Gasteiger partial charge in [-0.05, 0) is 30.7 Å². The standard InChI is InChI=1S/C17H18N4O2/c18-9-2-11-20(12-3-10-19)17(23)14-5-7-15(8-6-14)21-13-1-4-16(21)22/h5-8H,1-4,11-13H2. The van der Waals surface area contributed by atoms with E-state index in [1.54, 1.807) is 29.2 Å². The Morgan fingerprint density at radius 1 is 1.13 bits per heavy atom. The molecule has 0 N–H and O–H groups in total. The van der Waals surface area contributed by atoms with Gasteiger partial charge in [0, 0.05) is 37.3 Å². The molecule has 0 saturated carbocycles. The van der Waals surface area contributed by atoms with Crippen LogP contribution in [0, 0.1) is 22.7 Å². The van der Waals surface area contributed by atoms with E-state index < -0.39 is 0 Å². The highest BCUT2D eigenvalue weighted by atomic mass is 16.2. The first-order valence-corrected chi connectivity index (χ1v) is 7.61. The van der Waals surface area contributed by atoms with Crippen molar-refractivity contribution in [2.45, 2.75) is 25.7 Å². The maximum atomic E-state index is 12.5. The first kappa shape index (κ1) is 16.5. The van der Waals surface area contributed by atoms with Crippen LogP contribution in [0.25, 0.3) is 0 Å². The van der Waals surface area contributed by atoms with Crippen molar-refractivity contribution in [1.29, 1.82) is 10.5 Å². The van der Waals surface area contributed by atoms with E-state index in [9.17, 15) is 9.59 Å². The molecule has 118 valence electrons. The van der Waals surface area contributed by atoms with Crippen LogP contribution in [-0.2, 0) is 4.79 Å². The summed E-state index contributed by atoms with van der Waals surface area (Å²) in [5, 5.41) is 17.4. The van der Waals surface area contributed by atoms with E-state index in [1.165, 1.54) is 4.90 Å². The van der Waals surface area contributed by atoms with Crippen molar-refractivity contribution in [2.24, 2.45) is 0 Å². The van der Waals surface area contributed by atoms with E-state index in [4.69, 9.17) is 10.5 Å². The van der Waals surface area contributed by atoms with Gasteiger partial charge in [0.15, 0.2) is 0 Å². The van der Waals surface area contributed by atoms with Crippen LogP contribution in [0.4, 0.5) is 5.69 Å². The van der Waals surface area contributed by atoms with E-state index >= 15 is 0 Å². The third kappa shape index (κ3) is 4.08. The lowest BCUT2D eigenvalue weighted by molar-refractivity contribution is -0.117. The third-order valence-electron chi connectivity index (χ3n) is 3.77. The summed E-state index contributed by atoms with van der Waals surface area (Å²) in [5.74, 6) is -0.0939. The molecule has 0 radical (unpaired) electrons. The van der Waals surface area contributed by atoms with Crippen LogP contribution in [-0.4, -0.2) is 36.3 Å². The van der Waals surface area contributed by atoms with Crippen LogP contribution < -0.4 is 4.90 Å². The molecule has 2 rings (SSSR count). The number of hydrogen-bond acceptors (Lipinski definition) is 4. The molecule has 0 bridgehead atoms. The Hall–Kier alpha value is -2.86. The largest absolute Gasteiger partial charge is 0.337 e. The molecule has 1 aromatic rings. The molecule has 1 aliphatic heterocycles. The fourth-order valence-electron chi connectivity index (χ4n) is 2.57. The van der Waals surface area contributed by atoms with E-state index in [1.807, 2.05) is 12.1 Å². The molecule has 23 heavy (non-hydrogen) atoms. The molecule has 6 heteroatoms. The highest BCUT2D eigenvalue weighted by Gasteiger charge is 2.22. The second-order valence-corrected chi connectivity index (χ2v) is 5.30. The molecule has 0 atom stereocenters. The predicted molar refractivity (Wildman–Crippen MR) is 84.4 cm³/mol. The molecular weight excluding hydrogens is 292 g/mol. The van der Waals surface area contributed by atoms with Crippen LogP contribution in [0.5, 0.6) is 0 Å². The van der Waals surface area contributed by atoms with Gasteiger partial charge in [-0.3, -0.25) is 9.59 Å². The highest BCUT2D eigenvalue weighted by molar-refractivity contribution is 5.97. The van der Waals surface area contributed by atoms with Crippen molar-refractivity contribution in [3.05, 3.63) is 29.8 Å². The number of hydrogen-bond donors (Lipinski definition) is 0. The topological polar surface area (TPSA) is 88.2 Å². The third-order valence-corrected chi connectivity index (χ3v) is 3.77. The molecule has 0 aromatic heterocycles. The van der Waals surface area contributed by atoms with Gasteiger partial charge in [0.1, 0.15) is 0 Å². The number of benzene rings is 1. The van der Waals surface area contributed by atoms with Crippen molar-refractivity contribution in [3.8, 4) is 12.1 Å². The summed E-state index contributed by atoms with van der Waals surface area (Å²) in [7, 11) is 0. The Morgan fingerprint density at radius 2 is 1.74 bits per heavy atom. The van der Waals surface area contributed by atoms with Crippen molar-refractivity contribution >= 4 is 17.5 Å². The van der Waals surface area contributed by atoms with Crippen molar-refractivity contribution in [2.75, 3.05) is 24.5 Å². The van der Waals surface area contributed by atoms with Gasteiger partial charge >= 0.3 is 0 Å². The maximum Gasteiger partial charge on any atom is 0.253 e. The van der Waals surface area contributed by atoms with Gasteiger partial charge in [0.25, 0.3) is 5.91 Å². The Morgan fingerprint density at radius 3 is 2.22 bits per heavy atom. The van der Waals surface area contributed by atoms with Crippen LogP contribution in [0.2, 0.25) is 0 Å². The lowest BCUT2D eigenvalue weighted by Crippen LogP contribution is -2.32. The number of nitriles is 2. The Labute approximate surface area is 135 Å². The zero-order valence-corrected chi connectivity index (χ0v) is 12.9. The molecule has 1 heterocycles. The summed E-state index contributed by atoms with van der Waals surface area (Å²) in [5.41, 5.74) is 1.29. The van der Waals surface area contributed by atoms with Gasteiger partial charge in [-0.2, -0.15) is 10.5 Å². The summed E-state index contributed by atoms with van der Waals surface area (Å²) >= 11 is 0. The molecule has 6 nitrogen and oxygen atoms in total. The Bertz CT molecular complexity index is 637. The fraction of sp³-hybridized carbons (Fsp3) is 0.412. The first-order valence-electron chi connectivity index (χ1n) is 7.61. The van der Waals surface area contributed by atoms with Crippen LogP contribution in [0.3, 0.4) is 0 Å². The second kappa shape index (κ2) is 7.95. The van der Waals surface area contributed by atoms with E-state index in [-0.39, 0.29) is 24.7 Å². The predicted octanol–water partition coefficient (Wildman–Crippen LogP) is 2.08. The van der Waals surface area contributed by atoms with Crippen LogP contribution >= 0.6 is 0 Å². The average Bonchev–Trinajstić information content (AvgIpc) is 3.00. The van der Waals surface area contributed by atoms with Crippen LogP contribution in [0.15, 0.2) is 24.3 Å². The molecule has 0 spiro atoms. The average molecular weight is 310 g/mol. The monoisotopic (exact) mass is 310 g/mol. The first-order chi connectivity index (χ1) is 11.2. The second-order valence-electron chi connectivity index (χ2n) is 5.30. The zero-order valence-electron chi connectivity index (χ0n) is 12.9. The number of nitrogens with zero attached hydrogens (tertiary/aromatic N) is 4. The van der Waals surface area contributed by atoms with Crippen molar-refractivity contribution in [1.82, 2.24) is 4.90 Å². The minimum atomic E-state index is -0.199. The van der Waals surface area contributed by atoms with Crippen molar-refractivity contribution < 1.29 is 9.59 Å². The lowest BCUT2D eigenvalue weighted by Gasteiger charge is -2.21. The van der Waals surface area contributed by atoms with E-state index in [2.05, 4.69) is 0 Å². The van der Waals surface area contributed by atoms with Gasteiger partial charge in [0.2, 0.25) is 5.91 Å². The summed E-state index contributed by atoms with van der Waals surface area (Å²) in [4.78, 5) is 27.4. The summed E-state index contributed by atoms with van der Waals surface area (Å²) in [6.45, 7) is 1.33. The molecule has 0 aliphatic carbocycles. The van der Waals surface area contributed by atoms with E-state index in [0.717, 1.165) is 12.1 Å². The lowest BCUT2D eigenvalue weighted by atomic mass is 10.1. The Balaban J connectivity index is 2.09. The highest BCUT2D eigenvalue weighted by Crippen LogP contribution is 2.22. The quantitative estimate of drug-likeness (QED) is 0.804. The van der Waals surface area contributed by atoms with E-state index in [0.29, 0.717) is 31.6 Å².